The molecule has 4 rings (SSSR count). The number of hydrogen-bond acceptors (Lipinski definition) is 6. The summed E-state index contributed by atoms with van der Waals surface area (Å²) < 4.78 is 10.5. The number of Topliss-reactive ketones (excluding diaryl/α,β-unsaturated/α-hetero) is 1. The van der Waals surface area contributed by atoms with Crippen LogP contribution in [-0.2, 0) is 43.3 Å². The summed E-state index contributed by atoms with van der Waals surface area (Å²) in [5.74, 6) is -1.31. The van der Waals surface area contributed by atoms with Gasteiger partial charge in [0.1, 0.15) is 24.8 Å². The number of amides is 3. The minimum Gasteiger partial charge on any atom is -0.445 e. The van der Waals surface area contributed by atoms with Crippen LogP contribution in [0.3, 0.4) is 0 Å². The van der Waals surface area contributed by atoms with Crippen LogP contribution in [0.4, 0.5) is 4.79 Å². The molecule has 3 amide bonds. The third-order valence-electron chi connectivity index (χ3n) is 6.55. The highest BCUT2D eigenvalue weighted by Gasteiger charge is 2.50. The van der Waals surface area contributed by atoms with Crippen molar-refractivity contribution in [2.24, 2.45) is 0 Å². The van der Waals surface area contributed by atoms with E-state index in [-0.39, 0.29) is 31.8 Å². The van der Waals surface area contributed by atoms with Crippen molar-refractivity contribution in [3.63, 3.8) is 0 Å². The van der Waals surface area contributed by atoms with Crippen molar-refractivity contribution >= 4 is 23.7 Å². The Labute approximate surface area is 233 Å². The van der Waals surface area contributed by atoms with Crippen LogP contribution in [0.5, 0.6) is 0 Å². The first-order chi connectivity index (χ1) is 19.3. The second-order valence-electron chi connectivity index (χ2n) is 9.86. The first-order valence-electron chi connectivity index (χ1n) is 13.1. The molecule has 1 heterocycles. The van der Waals surface area contributed by atoms with Crippen LogP contribution >= 0.6 is 0 Å². The molecule has 1 aliphatic rings. The molecule has 0 aliphatic carbocycles. The van der Waals surface area contributed by atoms with Gasteiger partial charge in [-0.3, -0.25) is 14.4 Å². The molecule has 1 unspecified atom stereocenters. The molecule has 1 aliphatic heterocycles. The van der Waals surface area contributed by atoms with Crippen LogP contribution in [0.1, 0.15) is 23.6 Å². The van der Waals surface area contributed by atoms with E-state index >= 15 is 0 Å². The average molecular weight is 544 g/mol. The summed E-state index contributed by atoms with van der Waals surface area (Å²) in [5, 5.41) is 7.94. The van der Waals surface area contributed by atoms with Gasteiger partial charge in [-0.05, 0) is 30.0 Å². The monoisotopic (exact) mass is 543 g/mol. The normalized spacial score (nSPS) is 17.1. The Kier molecular flexibility index (Phi) is 9.64. The molecule has 3 N–H and O–H groups in total. The molecule has 0 aromatic heterocycles. The van der Waals surface area contributed by atoms with Crippen LogP contribution in [0.2, 0.25) is 0 Å². The average Bonchev–Trinajstić information content (AvgIpc) is 3.73. The van der Waals surface area contributed by atoms with Gasteiger partial charge in [-0.15, -0.1) is 0 Å². The maximum absolute atomic E-state index is 13.5. The second-order valence-corrected chi connectivity index (χ2v) is 9.86. The number of nitrogens with one attached hydrogen (secondary N) is 3. The maximum atomic E-state index is 13.5. The molecule has 0 radical (unpaired) electrons. The molecule has 0 bridgehead atoms. The Hall–Kier alpha value is -4.50. The van der Waals surface area contributed by atoms with Crippen molar-refractivity contribution in [2.75, 3.05) is 13.2 Å². The van der Waals surface area contributed by atoms with E-state index in [9.17, 15) is 19.2 Å². The molecule has 208 valence electrons. The number of benzene rings is 3. The molecule has 9 heteroatoms. The van der Waals surface area contributed by atoms with Crippen molar-refractivity contribution in [1.82, 2.24) is 16.0 Å². The van der Waals surface area contributed by atoms with Crippen molar-refractivity contribution in [3.05, 3.63) is 108 Å². The highest BCUT2D eigenvalue weighted by atomic mass is 16.6. The maximum Gasteiger partial charge on any atom is 0.407 e. The van der Waals surface area contributed by atoms with Gasteiger partial charge >= 0.3 is 6.09 Å². The van der Waals surface area contributed by atoms with Crippen molar-refractivity contribution in [1.29, 1.82) is 0 Å². The lowest BCUT2D eigenvalue weighted by Crippen LogP contribution is -2.55. The second kappa shape index (κ2) is 13.5. The van der Waals surface area contributed by atoms with E-state index in [0.717, 1.165) is 16.7 Å². The number of ether oxygens (including phenoxy) is 2. The number of ketones is 1. The van der Waals surface area contributed by atoms with Gasteiger partial charge in [0.15, 0.2) is 5.78 Å². The Morgan fingerprint density at radius 2 is 1.27 bits per heavy atom. The van der Waals surface area contributed by atoms with Crippen molar-refractivity contribution in [3.8, 4) is 0 Å². The largest absolute Gasteiger partial charge is 0.445 e. The minimum absolute atomic E-state index is 0.0623. The fraction of sp³-hybridized carbons (Fsp3) is 0.290. The van der Waals surface area contributed by atoms with Gasteiger partial charge in [0.25, 0.3) is 0 Å². The minimum atomic E-state index is -0.990. The Morgan fingerprint density at radius 3 is 1.80 bits per heavy atom. The molecule has 3 aromatic rings. The number of carbonyl (C=O) groups is 4. The van der Waals surface area contributed by atoms with E-state index < -0.39 is 35.6 Å². The highest BCUT2D eigenvalue weighted by Crippen LogP contribution is 2.29. The smallest absolute Gasteiger partial charge is 0.407 e. The molecule has 1 saturated heterocycles. The van der Waals surface area contributed by atoms with Crippen molar-refractivity contribution < 1.29 is 28.7 Å². The van der Waals surface area contributed by atoms with Crippen molar-refractivity contribution in [2.45, 2.75) is 44.1 Å². The molecular weight excluding hydrogens is 510 g/mol. The van der Waals surface area contributed by atoms with Crippen LogP contribution in [0.25, 0.3) is 0 Å². The predicted molar refractivity (Wildman–Crippen MR) is 148 cm³/mol. The lowest BCUT2D eigenvalue weighted by Gasteiger charge is -2.24. The van der Waals surface area contributed by atoms with Gasteiger partial charge < -0.3 is 25.4 Å². The zero-order chi connectivity index (χ0) is 28.4. The van der Waals surface area contributed by atoms with E-state index in [0.29, 0.717) is 6.61 Å². The number of alkyl carbamates (subject to hydrolysis) is 1. The van der Waals surface area contributed by atoms with E-state index in [1.54, 1.807) is 6.92 Å². The Morgan fingerprint density at radius 1 is 0.775 bits per heavy atom. The molecule has 0 saturated carbocycles. The molecule has 1 fully saturated rings. The van der Waals surface area contributed by atoms with E-state index in [4.69, 9.17) is 9.47 Å². The lowest BCUT2D eigenvalue weighted by molar-refractivity contribution is -0.132. The topological polar surface area (TPSA) is 126 Å². The van der Waals surface area contributed by atoms with E-state index in [2.05, 4.69) is 16.0 Å². The first-order valence-corrected chi connectivity index (χ1v) is 13.1. The fourth-order valence-corrected chi connectivity index (χ4v) is 4.18. The molecule has 3 atom stereocenters. The number of hydrogen-bond donors (Lipinski definition) is 3. The quantitative estimate of drug-likeness (QED) is 0.285. The molecular formula is C31H33N3O6. The SMILES string of the molecule is CC1(C(=O)[C@H](Cc2ccccc2)NC(=O)[C@H](Cc2ccccc2)NC(=O)CNC(=O)OCc2ccccc2)CO1. The van der Waals surface area contributed by atoms with Gasteiger partial charge in [-0.25, -0.2) is 4.79 Å². The predicted octanol–water partition coefficient (Wildman–Crippen LogP) is 2.73. The van der Waals surface area contributed by atoms with Crippen LogP contribution in [-0.4, -0.2) is 54.5 Å². The van der Waals surface area contributed by atoms with Gasteiger partial charge in [-0.1, -0.05) is 91.0 Å². The third kappa shape index (κ3) is 8.51. The number of rotatable bonds is 13. The van der Waals surface area contributed by atoms with Crippen LogP contribution in [0, 0.1) is 0 Å². The molecule has 40 heavy (non-hydrogen) atoms. The third-order valence-corrected chi connectivity index (χ3v) is 6.55. The van der Waals surface area contributed by atoms with Gasteiger partial charge in [0.05, 0.1) is 12.6 Å². The van der Waals surface area contributed by atoms with Gasteiger partial charge in [-0.2, -0.15) is 0 Å². The standard InChI is InChI=1S/C31H33N3O6/c1-31(21-40-31)28(36)25(17-22-11-5-2-6-12-22)34-29(37)26(18-23-13-7-3-8-14-23)33-27(35)19-32-30(38)39-20-24-15-9-4-10-16-24/h2-16,25-26H,17-21H2,1H3,(H,32,38)(H,33,35)(H,34,37)/t25-,26-,31?/m0/s1. The number of epoxide rings is 1. The Balaban J connectivity index is 1.39. The summed E-state index contributed by atoms with van der Waals surface area (Å²) in [5.41, 5.74) is 1.58. The van der Waals surface area contributed by atoms with E-state index in [1.165, 1.54) is 0 Å². The summed E-state index contributed by atoms with van der Waals surface area (Å²) in [4.78, 5) is 51.6. The Bertz CT molecular complexity index is 1300. The number of carbonyl (C=O) groups excluding carboxylic acids is 4. The van der Waals surface area contributed by atoms with Crippen LogP contribution < -0.4 is 16.0 Å². The summed E-state index contributed by atoms with van der Waals surface area (Å²) in [6.07, 6.45) is -0.281. The van der Waals surface area contributed by atoms with E-state index in [1.807, 2.05) is 91.0 Å². The fourth-order valence-electron chi connectivity index (χ4n) is 4.18. The summed E-state index contributed by atoms with van der Waals surface area (Å²) in [7, 11) is 0. The molecule has 0 spiro atoms. The molecule has 3 aromatic carbocycles. The summed E-state index contributed by atoms with van der Waals surface area (Å²) in [6, 6.07) is 25.9. The van der Waals surface area contributed by atoms with Gasteiger partial charge in [0.2, 0.25) is 11.8 Å². The summed E-state index contributed by atoms with van der Waals surface area (Å²) in [6.45, 7) is 1.67. The zero-order valence-electron chi connectivity index (χ0n) is 22.3. The zero-order valence-corrected chi connectivity index (χ0v) is 22.3. The highest BCUT2D eigenvalue weighted by molar-refractivity contribution is 5.98. The molecule has 9 nitrogen and oxygen atoms in total. The van der Waals surface area contributed by atoms with Crippen LogP contribution in [0.15, 0.2) is 91.0 Å². The summed E-state index contributed by atoms with van der Waals surface area (Å²) >= 11 is 0. The lowest BCUT2D eigenvalue weighted by atomic mass is 9.94. The van der Waals surface area contributed by atoms with Gasteiger partial charge in [0, 0.05) is 6.42 Å². The first kappa shape index (κ1) is 28.5.